The highest BCUT2D eigenvalue weighted by Gasteiger charge is 2.11. The smallest absolute Gasteiger partial charge is 0.246 e. The summed E-state index contributed by atoms with van der Waals surface area (Å²) in [6.45, 7) is 0. The van der Waals surface area contributed by atoms with Gasteiger partial charge in [0.2, 0.25) is 0 Å². The molecule has 0 aliphatic carbocycles. The maximum atomic E-state index is 11.4. The Kier molecular flexibility index (Phi) is 2.29. The van der Waals surface area contributed by atoms with Crippen molar-refractivity contribution >= 4 is 21.6 Å². The van der Waals surface area contributed by atoms with Gasteiger partial charge in [-0.1, -0.05) is 30.3 Å². The molecule has 0 radical (unpaired) electrons. The summed E-state index contributed by atoms with van der Waals surface area (Å²) >= 11 is 3.43. The summed E-state index contributed by atoms with van der Waals surface area (Å²) in [5, 5.41) is 6.33. The number of fused-ring (bicyclic) bond motifs is 1. The molecule has 5 nitrogen and oxygen atoms in total. The second kappa shape index (κ2) is 3.81. The summed E-state index contributed by atoms with van der Waals surface area (Å²) in [5.74, 6) is 0. The Bertz CT molecular complexity index is 732. The molecule has 2 heterocycles. The Morgan fingerprint density at radius 1 is 1.24 bits per heavy atom. The van der Waals surface area contributed by atoms with Crippen molar-refractivity contribution in [1.82, 2.24) is 19.6 Å². The molecule has 0 aliphatic rings. The Morgan fingerprint density at radius 3 is 2.76 bits per heavy atom. The van der Waals surface area contributed by atoms with E-state index >= 15 is 0 Å². The second-order valence-electron chi connectivity index (χ2n) is 3.50. The quantitative estimate of drug-likeness (QED) is 0.744. The summed E-state index contributed by atoms with van der Waals surface area (Å²) in [6.07, 6.45) is 1.47. The van der Waals surface area contributed by atoms with E-state index in [1.807, 2.05) is 30.3 Å². The largest absolute Gasteiger partial charge is 0.348 e. The molecule has 0 aliphatic heterocycles. The maximum absolute atomic E-state index is 11.4. The molecular weight excluding hydrogens is 284 g/mol. The van der Waals surface area contributed by atoms with E-state index in [1.165, 1.54) is 10.7 Å². The van der Waals surface area contributed by atoms with Gasteiger partial charge in [-0.3, -0.25) is 0 Å². The first-order valence-corrected chi connectivity index (χ1v) is 5.73. The van der Waals surface area contributed by atoms with Crippen LogP contribution in [0.4, 0.5) is 0 Å². The fourth-order valence-corrected chi connectivity index (χ4v) is 2.25. The zero-order valence-electron chi connectivity index (χ0n) is 8.59. The lowest BCUT2D eigenvalue weighted by atomic mass is 10.1. The van der Waals surface area contributed by atoms with Crippen LogP contribution < -0.4 is 5.69 Å². The SMILES string of the molecule is O=c1[nH]nc2c(Br)c(-c3ccccc3)ncn12. The Balaban J connectivity index is 2.33. The number of aromatic amines is 1. The number of aromatic nitrogens is 4. The molecule has 3 rings (SSSR count). The molecule has 84 valence electrons. The van der Waals surface area contributed by atoms with Crippen molar-refractivity contribution in [2.24, 2.45) is 0 Å². The van der Waals surface area contributed by atoms with E-state index in [0.717, 1.165) is 11.3 Å². The van der Waals surface area contributed by atoms with Gasteiger partial charge in [0.25, 0.3) is 0 Å². The molecule has 17 heavy (non-hydrogen) atoms. The van der Waals surface area contributed by atoms with E-state index in [-0.39, 0.29) is 5.69 Å². The van der Waals surface area contributed by atoms with E-state index in [4.69, 9.17) is 0 Å². The second-order valence-corrected chi connectivity index (χ2v) is 4.29. The van der Waals surface area contributed by atoms with Gasteiger partial charge in [-0.05, 0) is 15.9 Å². The summed E-state index contributed by atoms with van der Waals surface area (Å²) in [5.41, 5.74) is 1.96. The lowest BCUT2D eigenvalue weighted by Gasteiger charge is -2.03. The van der Waals surface area contributed by atoms with E-state index in [2.05, 4.69) is 31.1 Å². The van der Waals surface area contributed by atoms with Gasteiger partial charge in [-0.2, -0.15) is 5.10 Å². The molecule has 0 spiro atoms. The van der Waals surface area contributed by atoms with E-state index < -0.39 is 0 Å². The third-order valence-corrected chi connectivity index (χ3v) is 3.19. The highest BCUT2D eigenvalue weighted by molar-refractivity contribution is 9.10. The zero-order valence-corrected chi connectivity index (χ0v) is 10.2. The number of rotatable bonds is 1. The summed E-state index contributed by atoms with van der Waals surface area (Å²) in [6, 6.07) is 9.71. The number of hydrogen-bond acceptors (Lipinski definition) is 3. The van der Waals surface area contributed by atoms with Crippen molar-refractivity contribution in [3.63, 3.8) is 0 Å². The highest BCUT2D eigenvalue weighted by atomic mass is 79.9. The number of benzene rings is 1. The van der Waals surface area contributed by atoms with Gasteiger partial charge in [0, 0.05) is 5.56 Å². The minimum Gasteiger partial charge on any atom is -0.246 e. The van der Waals surface area contributed by atoms with Crippen LogP contribution in [0.25, 0.3) is 16.9 Å². The average Bonchev–Trinajstić information content (AvgIpc) is 2.74. The van der Waals surface area contributed by atoms with Crippen molar-refractivity contribution < 1.29 is 0 Å². The van der Waals surface area contributed by atoms with Gasteiger partial charge >= 0.3 is 5.69 Å². The number of hydrogen-bond donors (Lipinski definition) is 1. The summed E-state index contributed by atoms with van der Waals surface area (Å²) in [4.78, 5) is 15.6. The van der Waals surface area contributed by atoms with Gasteiger partial charge in [-0.25, -0.2) is 19.3 Å². The molecule has 0 bridgehead atoms. The van der Waals surface area contributed by atoms with Gasteiger partial charge in [0.05, 0.1) is 10.2 Å². The van der Waals surface area contributed by atoms with Gasteiger partial charge < -0.3 is 0 Å². The lowest BCUT2D eigenvalue weighted by molar-refractivity contribution is 0.996. The van der Waals surface area contributed by atoms with Gasteiger partial charge in [0.1, 0.15) is 6.33 Å². The van der Waals surface area contributed by atoms with Crippen molar-refractivity contribution in [3.05, 3.63) is 51.6 Å². The van der Waals surface area contributed by atoms with Crippen molar-refractivity contribution in [2.45, 2.75) is 0 Å². The predicted octanol–water partition coefficient (Wildman–Crippen LogP) is 1.85. The van der Waals surface area contributed by atoms with Crippen LogP contribution >= 0.6 is 15.9 Å². The molecule has 0 saturated carbocycles. The molecule has 0 fully saturated rings. The molecule has 6 heteroatoms. The fraction of sp³-hybridized carbons (Fsp3) is 0. The Labute approximate surface area is 104 Å². The Hall–Kier alpha value is -1.95. The van der Waals surface area contributed by atoms with Gasteiger partial charge in [0.15, 0.2) is 5.65 Å². The predicted molar refractivity (Wildman–Crippen MR) is 66.7 cm³/mol. The summed E-state index contributed by atoms with van der Waals surface area (Å²) in [7, 11) is 0. The maximum Gasteiger partial charge on any atom is 0.348 e. The minimum absolute atomic E-state index is 0.298. The highest BCUT2D eigenvalue weighted by Crippen LogP contribution is 2.27. The van der Waals surface area contributed by atoms with Crippen LogP contribution in [0.3, 0.4) is 0 Å². The molecule has 3 aromatic rings. The number of halogens is 1. The van der Waals surface area contributed by atoms with Crippen LogP contribution in [0, 0.1) is 0 Å². The lowest BCUT2D eigenvalue weighted by Crippen LogP contribution is -2.09. The first kappa shape index (κ1) is 10.2. The van der Waals surface area contributed by atoms with Crippen LogP contribution in [-0.4, -0.2) is 19.6 Å². The number of nitrogens with one attached hydrogen (secondary N) is 1. The molecule has 1 aromatic carbocycles. The third kappa shape index (κ3) is 1.57. The van der Waals surface area contributed by atoms with Crippen LogP contribution in [0.1, 0.15) is 0 Å². The van der Waals surface area contributed by atoms with Crippen molar-refractivity contribution in [2.75, 3.05) is 0 Å². The molecule has 0 atom stereocenters. The monoisotopic (exact) mass is 290 g/mol. The first-order valence-electron chi connectivity index (χ1n) is 4.94. The normalized spacial score (nSPS) is 10.9. The third-order valence-electron chi connectivity index (χ3n) is 2.46. The molecular formula is C11H7BrN4O. The van der Waals surface area contributed by atoms with Crippen LogP contribution in [0.15, 0.2) is 45.9 Å². The summed E-state index contributed by atoms with van der Waals surface area (Å²) < 4.78 is 2.06. The Morgan fingerprint density at radius 2 is 2.00 bits per heavy atom. The van der Waals surface area contributed by atoms with Gasteiger partial charge in [-0.15, -0.1) is 0 Å². The molecule has 0 amide bonds. The molecule has 1 N–H and O–H groups in total. The number of H-pyrrole nitrogens is 1. The number of nitrogens with zero attached hydrogens (tertiary/aromatic N) is 3. The molecule has 0 saturated heterocycles. The van der Waals surface area contributed by atoms with Crippen LogP contribution in [0.5, 0.6) is 0 Å². The van der Waals surface area contributed by atoms with Crippen LogP contribution in [-0.2, 0) is 0 Å². The standard InChI is InChI=1S/C11H7BrN4O/c12-8-9(7-4-2-1-3-5-7)13-6-16-10(8)14-15-11(16)17/h1-6H,(H,15,17). The van der Waals surface area contributed by atoms with Crippen molar-refractivity contribution in [3.8, 4) is 11.3 Å². The molecule has 0 unspecified atom stereocenters. The van der Waals surface area contributed by atoms with Crippen molar-refractivity contribution in [1.29, 1.82) is 0 Å². The van der Waals surface area contributed by atoms with E-state index in [1.54, 1.807) is 0 Å². The zero-order chi connectivity index (χ0) is 11.8. The topological polar surface area (TPSA) is 63.0 Å². The first-order chi connectivity index (χ1) is 8.27. The van der Waals surface area contributed by atoms with Crippen LogP contribution in [0.2, 0.25) is 0 Å². The van der Waals surface area contributed by atoms with E-state index in [0.29, 0.717) is 10.1 Å². The average molecular weight is 291 g/mol. The fourth-order valence-electron chi connectivity index (χ4n) is 1.64. The molecule has 2 aromatic heterocycles. The van der Waals surface area contributed by atoms with E-state index in [9.17, 15) is 4.79 Å². The minimum atomic E-state index is -0.298.